The van der Waals surface area contributed by atoms with Crippen LogP contribution in [0.4, 0.5) is 17.6 Å². The molecular formula is C14H7F4NO. The van der Waals surface area contributed by atoms with Crippen molar-refractivity contribution in [1.29, 1.82) is 5.26 Å². The number of halogens is 4. The van der Waals surface area contributed by atoms with Gasteiger partial charge in [-0.05, 0) is 23.8 Å². The Morgan fingerprint density at radius 2 is 1.85 bits per heavy atom. The molecule has 0 heterocycles. The maximum absolute atomic E-state index is 13.6. The third kappa shape index (κ3) is 2.72. The molecule has 0 aliphatic heterocycles. The minimum Gasteiger partial charge on any atom is -0.433 e. The number of benzene rings is 2. The third-order valence-electron chi connectivity index (χ3n) is 2.58. The number of hydrogen-bond donors (Lipinski definition) is 0. The van der Waals surface area contributed by atoms with Gasteiger partial charge in [0.25, 0.3) is 0 Å². The van der Waals surface area contributed by atoms with E-state index in [1.807, 2.05) is 0 Å². The highest BCUT2D eigenvalue weighted by molar-refractivity contribution is 5.67. The van der Waals surface area contributed by atoms with E-state index in [-0.39, 0.29) is 22.4 Å². The lowest BCUT2D eigenvalue weighted by atomic mass is 10.0. The zero-order valence-electron chi connectivity index (χ0n) is 9.91. The molecule has 0 aliphatic rings. The van der Waals surface area contributed by atoms with Crippen LogP contribution in [0.5, 0.6) is 5.75 Å². The van der Waals surface area contributed by atoms with Gasteiger partial charge in [0, 0.05) is 5.56 Å². The molecule has 0 aliphatic carbocycles. The topological polar surface area (TPSA) is 33.0 Å². The molecule has 2 nitrogen and oxygen atoms in total. The Balaban J connectivity index is 2.53. The fourth-order valence-electron chi connectivity index (χ4n) is 1.70. The van der Waals surface area contributed by atoms with Crippen LogP contribution in [0.15, 0.2) is 36.4 Å². The van der Waals surface area contributed by atoms with Gasteiger partial charge in [-0.3, -0.25) is 0 Å². The molecule has 0 saturated heterocycles. The van der Waals surface area contributed by atoms with Crippen LogP contribution >= 0.6 is 0 Å². The summed E-state index contributed by atoms with van der Waals surface area (Å²) < 4.78 is 55.5. The lowest BCUT2D eigenvalue weighted by Crippen LogP contribution is -2.03. The fraction of sp³-hybridized carbons (Fsp3) is 0.0714. The van der Waals surface area contributed by atoms with E-state index in [9.17, 15) is 17.6 Å². The molecule has 102 valence electrons. The average Bonchev–Trinajstić information content (AvgIpc) is 2.41. The Kier molecular flexibility index (Phi) is 3.89. The maximum Gasteiger partial charge on any atom is 0.387 e. The van der Waals surface area contributed by atoms with Crippen LogP contribution < -0.4 is 4.74 Å². The number of ether oxygens (including phenoxy) is 1. The van der Waals surface area contributed by atoms with Crippen LogP contribution in [0, 0.1) is 23.0 Å². The molecular weight excluding hydrogens is 274 g/mol. The van der Waals surface area contributed by atoms with Gasteiger partial charge in [0.05, 0.1) is 5.56 Å². The summed E-state index contributed by atoms with van der Waals surface area (Å²) in [5, 5.41) is 8.78. The first-order chi connectivity index (χ1) is 9.52. The van der Waals surface area contributed by atoms with E-state index in [0.29, 0.717) is 0 Å². The highest BCUT2D eigenvalue weighted by Crippen LogP contribution is 2.30. The molecule has 0 bridgehead atoms. The van der Waals surface area contributed by atoms with Gasteiger partial charge in [0.1, 0.15) is 11.8 Å². The molecule has 2 aromatic carbocycles. The number of nitriles is 1. The molecule has 0 aromatic heterocycles. The number of hydrogen-bond acceptors (Lipinski definition) is 2. The SMILES string of the molecule is N#Cc1ccc(-c2cccc(F)c2F)cc1OC(F)F. The summed E-state index contributed by atoms with van der Waals surface area (Å²) in [6.07, 6.45) is 0. The smallest absolute Gasteiger partial charge is 0.387 e. The van der Waals surface area contributed by atoms with Crippen LogP contribution in [-0.2, 0) is 0 Å². The summed E-state index contributed by atoms with van der Waals surface area (Å²) in [5.74, 6) is -2.54. The van der Waals surface area contributed by atoms with Crippen molar-refractivity contribution in [2.45, 2.75) is 6.61 Å². The van der Waals surface area contributed by atoms with Gasteiger partial charge in [-0.25, -0.2) is 8.78 Å². The van der Waals surface area contributed by atoms with E-state index in [2.05, 4.69) is 4.74 Å². The molecule has 0 N–H and O–H groups in total. The number of nitrogens with zero attached hydrogens (tertiary/aromatic N) is 1. The zero-order chi connectivity index (χ0) is 14.7. The summed E-state index contributed by atoms with van der Waals surface area (Å²) >= 11 is 0. The van der Waals surface area contributed by atoms with E-state index in [1.165, 1.54) is 24.3 Å². The molecule has 0 radical (unpaired) electrons. The van der Waals surface area contributed by atoms with E-state index in [4.69, 9.17) is 5.26 Å². The Bertz CT molecular complexity index is 679. The number of alkyl halides is 2. The summed E-state index contributed by atoms with van der Waals surface area (Å²) in [6.45, 7) is -3.12. The van der Waals surface area contributed by atoms with Gasteiger partial charge >= 0.3 is 6.61 Å². The predicted molar refractivity (Wildman–Crippen MR) is 63.1 cm³/mol. The van der Waals surface area contributed by atoms with Crippen molar-refractivity contribution >= 4 is 0 Å². The average molecular weight is 281 g/mol. The van der Waals surface area contributed by atoms with E-state index in [1.54, 1.807) is 6.07 Å². The zero-order valence-corrected chi connectivity index (χ0v) is 9.91. The Hall–Kier alpha value is -2.55. The predicted octanol–water partition coefficient (Wildman–Crippen LogP) is 4.10. The summed E-state index contributed by atoms with van der Waals surface area (Å²) in [7, 11) is 0. The lowest BCUT2D eigenvalue weighted by Gasteiger charge is -2.09. The summed E-state index contributed by atoms with van der Waals surface area (Å²) in [6, 6.07) is 8.82. The van der Waals surface area contributed by atoms with Gasteiger partial charge in [0.2, 0.25) is 0 Å². The van der Waals surface area contributed by atoms with Crippen molar-refractivity contribution < 1.29 is 22.3 Å². The molecule has 0 atom stereocenters. The van der Waals surface area contributed by atoms with Crippen LogP contribution in [-0.4, -0.2) is 6.61 Å². The van der Waals surface area contributed by atoms with Crippen LogP contribution in [0.25, 0.3) is 11.1 Å². The van der Waals surface area contributed by atoms with Crippen LogP contribution in [0.1, 0.15) is 5.56 Å². The first-order valence-corrected chi connectivity index (χ1v) is 5.46. The first kappa shape index (κ1) is 13.9. The molecule has 20 heavy (non-hydrogen) atoms. The Morgan fingerprint density at radius 3 is 2.50 bits per heavy atom. The first-order valence-electron chi connectivity index (χ1n) is 5.46. The molecule has 2 rings (SSSR count). The lowest BCUT2D eigenvalue weighted by molar-refractivity contribution is -0.0500. The van der Waals surface area contributed by atoms with Gasteiger partial charge in [0.15, 0.2) is 11.6 Å². The fourth-order valence-corrected chi connectivity index (χ4v) is 1.70. The normalized spacial score (nSPS) is 10.4. The molecule has 0 saturated carbocycles. The third-order valence-corrected chi connectivity index (χ3v) is 2.58. The highest BCUT2D eigenvalue weighted by atomic mass is 19.3. The largest absolute Gasteiger partial charge is 0.433 e. The second-order valence-corrected chi connectivity index (χ2v) is 3.80. The summed E-state index contributed by atoms with van der Waals surface area (Å²) in [4.78, 5) is 0. The van der Waals surface area contributed by atoms with Gasteiger partial charge in [-0.1, -0.05) is 18.2 Å². The van der Waals surface area contributed by atoms with E-state index >= 15 is 0 Å². The van der Waals surface area contributed by atoms with Gasteiger partial charge < -0.3 is 4.74 Å². The van der Waals surface area contributed by atoms with E-state index < -0.39 is 18.2 Å². The van der Waals surface area contributed by atoms with E-state index in [0.717, 1.165) is 12.1 Å². The van der Waals surface area contributed by atoms with Gasteiger partial charge in [-0.2, -0.15) is 14.0 Å². The highest BCUT2D eigenvalue weighted by Gasteiger charge is 2.14. The standard InChI is InChI=1S/C14H7F4NO/c15-11-3-1-2-10(13(11)16)8-4-5-9(7-19)12(6-8)20-14(17)18/h1-6,14H. The Morgan fingerprint density at radius 1 is 1.10 bits per heavy atom. The van der Waals surface area contributed by atoms with Crippen molar-refractivity contribution in [3.63, 3.8) is 0 Å². The molecule has 6 heteroatoms. The minimum atomic E-state index is -3.12. The monoisotopic (exact) mass is 281 g/mol. The van der Waals surface area contributed by atoms with Crippen LogP contribution in [0.2, 0.25) is 0 Å². The molecule has 0 unspecified atom stereocenters. The second-order valence-electron chi connectivity index (χ2n) is 3.80. The van der Waals surface area contributed by atoms with Crippen molar-refractivity contribution in [3.8, 4) is 22.9 Å². The summed E-state index contributed by atoms with van der Waals surface area (Å²) in [5.41, 5.74) is -0.0869. The van der Waals surface area contributed by atoms with Crippen LogP contribution in [0.3, 0.4) is 0 Å². The van der Waals surface area contributed by atoms with Crippen molar-refractivity contribution in [2.75, 3.05) is 0 Å². The van der Waals surface area contributed by atoms with Crippen molar-refractivity contribution in [1.82, 2.24) is 0 Å². The van der Waals surface area contributed by atoms with Crippen molar-refractivity contribution in [2.24, 2.45) is 0 Å². The van der Waals surface area contributed by atoms with Crippen molar-refractivity contribution in [3.05, 3.63) is 53.6 Å². The molecule has 0 amide bonds. The molecule has 0 spiro atoms. The second kappa shape index (κ2) is 5.61. The molecule has 0 fully saturated rings. The maximum atomic E-state index is 13.6. The molecule has 2 aromatic rings. The Labute approximate surface area is 111 Å². The number of rotatable bonds is 3. The quantitative estimate of drug-likeness (QED) is 0.793. The minimum absolute atomic E-state index is 0.103. The van der Waals surface area contributed by atoms with Gasteiger partial charge in [-0.15, -0.1) is 0 Å².